The number of aromatic nitrogens is 3. The molecule has 102 valence electrons. The highest BCUT2D eigenvalue weighted by atomic mass is 32.2. The predicted octanol–water partition coefficient (Wildman–Crippen LogP) is 1.04. The molecule has 0 saturated heterocycles. The molecule has 0 spiro atoms. The highest BCUT2D eigenvalue weighted by Crippen LogP contribution is 2.28. The quantitative estimate of drug-likeness (QED) is 0.605. The van der Waals surface area contributed by atoms with Gasteiger partial charge in [0, 0.05) is 12.1 Å². The topological polar surface area (TPSA) is 108 Å². The van der Waals surface area contributed by atoms with Crippen molar-refractivity contribution in [3.8, 4) is 0 Å². The number of benzene rings is 1. The number of non-ortho nitro benzene ring substituents is 1. The summed E-state index contributed by atoms with van der Waals surface area (Å²) in [5, 5.41) is 16.5. The second kappa shape index (κ2) is 3.88. The second-order valence-corrected chi connectivity index (χ2v) is 5.07. The summed E-state index contributed by atoms with van der Waals surface area (Å²) >= 11 is 0. The highest BCUT2D eigenvalue weighted by Gasteiger charge is 2.49. The number of nitro benzene ring substituents is 1. The van der Waals surface area contributed by atoms with Gasteiger partial charge >= 0.3 is 15.5 Å². The van der Waals surface area contributed by atoms with Gasteiger partial charge in [-0.15, -0.1) is 9.19 Å². The third kappa shape index (κ3) is 1.99. The molecule has 0 fully saturated rings. The molecule has 8 nitrogen and oxygen atoms in total. The third-order valence-corrected chi connectivity index (χ3v) is 3.44. The molecule has 0 radical (unpaired) electrons. The lowest BCUT2D eigenvalue weighted by Gasteiger charge is -2.07. The maximum Gasteiger partial charge on any atom is 0.518 e. The fraction of sp³-hybridized carbons (Fsp3) is 0.143. The standard InChI is InChI=1S/C7H3F3N4O4S/c8-7(9,10)19(17,18)13-6-2-1-4(14(15)16)3-5(6)11-12-13/h1-3H. The molecular weight excluding hydrogens is 293 g/mol. The number of nitro groups is 1. The van der Waals surface area contributed by atoms with Crippen LogP contribution in [0.25, 0.3) is 11.0 Å². The molecule has 12 heteroatoms. The van der Waals surface area contributed by atoms with Crippen molar-refractivity contribution in [2.24, 2.45) is 0 Å². The van der Waals surface area contributed by atoms with Gasteiger partial charge in [-0.2, -0.15) is 21.6 Å². The van der Waals surface area contributed by atoms with Gasteiger partial charge in [-0.3, -0.25) is 10.1 Å². The molecule has 0 N–H and O–H groups in total. The van der Waals surface area contributed by atoms with Crippen LogP contribution in [0.3, 0.4) is 0 Å². The van der Waals surface area contributed by atoms with Crippen molar-refractivity contribution < 1.29 is 26.5 Å². The summed E-state index contributed by atoms with van der Waals surface area (Å²) in [7, 11) is -5.72. The van der Waals surface area contributed by atoms with E-state index in [9.17, 15) is 31.7 Å². The monoisotopic (exact) mass is 296 g/mol. The van der Waals surface area contributed by atoms with Crippen molar-refractivity contribution in [3.05, 3.63) is 28.3 Å². The molecule has 0 aliphatic carbocycles. The van der Waals surface area contributed by atoms with Crippen LogP contribution in [0, 0.1) is 10.1 Å². The molecule has 1 aromatic carbocycles. The summed E-state index contributed by atoms with van der Waals surface area (Å²) in [5.74, 6) is 0. The van der Waals surface area contributed by atoms with E-state index in [0.29, 0.717) is 0 Å². The van der Waals surface area contributed by atoms with Crippen molar-refractivity contribution in [2.45, 2.75) is 5.51 Å². The molecule has 0 saturated carbocycles. The minimum Gasteiger partial charge on any atom is -0.258 e. The van der Waals surface area contributed by atoms with Crippen LogP contribution in [-0.4, -0.2) is 33.2 Å². The Morgan fingerprint density at radius 2 is 1.95 bits per heavy atom. The Hall–Kier alpha value is -2.24. The van der Waals surface area contributed by atoms with E-state index >= 15 is 0 Å². The van der Waals surface area contributed by atoms with Crippen molar-refractivity contribution in [3.63, 3.8) is 0 Å². The first-order valence-corrected chi connectivity index (χ1v) is 5.90. The van der Waals surface area contributed by atoms with Gasteiger partial charge in [-0.25, -0.2) is 0 Å². The highest BCUT2D eigenvalue weighted by molar-refractivity contribution is 7.90. The number of nitrogens with zero attached hydrogens (tertiary/aromatic N) is 4. The van der Waals surface area contributed by atoms with E-state index in [1.165, 1.54) is 0 Å². The van der Waals surface area contributed by atoms with Gasteiger partial charge < -0.3 is 0 Å². The molecule has 0 aliphatic heterocycles. The average Bonchev–Trinajstić information content (AvgIpc) is 2.70. The maximum atomic E-state index is 12.3. The molecule has 19 heavy (non-hydrogen) atoms. The minimum atomic E-state index is -5.72. The van der Waals surface area contributed by atoms with Crippen LogP contribution in [-0.2, 0) is 10.0 Å². The van der Waals surface area contributed by atoms with E-state index in [4.69, 9.17) is 0 Å². The van der Waals surface area contributed by atoms with Gasteiger partial charge in [0.05, 0.1) is 4.92 Å². The fourth-order valence-electron chi connectivity index (χ4n) is 1.28. The summed E-state index contributed by atoms with van der Waals surface area (Å²) in [4.78, 5) is 9.66. The largest absolute Gasteiger partial charge is 0.518 e. The minimum absolute atomic E-state index is 0.313. The lowest BCUT2D eigenvalue weighted by molar-refractivity contribution is -0.384. The molecule has 0 unspecified atom stereocenters. The van der Waals surface area contributed by atoms with Crippen LogP contribution >= 0.6 is 0 Å². The van der Waals surface area contributed by atoms with E-state index in [0.717, 1.165) is 18.2 Å². The third-order valence-electron chi connectivity index (χ3n) is 2.13. The Kier molecular flexibility index (Phi) is 2.69. The van der Waals surface area contributed by atoms with E-state index < -0.39 is 31.7 Å². The van der Waals surface area contributed by atoms with Crippen LogP contribution in [0.15, 0.2) is 18.2 Å². The summed E-state index contributed by atoms with van der Waals surface area (Å²) in [6.07, 6.45) is 0. The zero-order valence-corrected chi connectivity index (χ0v) is 9.51. The first-order chi connectivity index (χ1) is 8.64. The summed E-state index contributed by atoms with van der Waals surface area (Å²) in [6.45, 7) is 0. The Morgan fingerprint density at radius 1 is 1.32 bits per heavy atom. The van der Waals surface area contributed by atoms with Gasteiger partial charge in [0.15, 0.2) is 0 Å². The molecule has 0 atom stereocenters. The van der Waals surface area contributed by atoms with E-state index in [1.807, 2.05) is 0 Å². The molecule has 1 aromatic heterocycles. The van der Waals surface area contributed by atoms with Crippen molar-refractivity contribution >= 4 is 26.7 Å². The molecule has 2 rings (SSSR count). The number of fused-ring (bicyclic) bond motifs is 1. The van der Waals surface area contributed by atoms with Crippen molar-refractivity contribution in [1.82, 2.24) is 14.4 Å². The Bertz CT molecular complexity index is 766. The SMILES string of the molecule is O=[N+]([O-])c1ccc2c(c1)nnn2S(=O)(=O)C(F)(F)F. The smallest absolute Gasteiger partial charge is 0.258 e. The fourth-order valence-corrected chi connectivity index (χ4v) is 2.02. The van der Waals surface area contributed by atoms with E-state index in [2.05, 4.69) is 10.3 Å². The molecular formula is C7H3F3N4O4S. The van der Waals surface area contributed by atoms with Gasteiger partial charge in [-0.1, -0.05) is 5.21 Å². The Balaban J connectivity index is 2.69. The van der Waals surface area contributed by atoms with Crippen molar-refractivity contribution in [1.29, 1.82) is 0 Å². The second-order valence-electron chi connectivity index (χ2n) is 3.31. The number of halogens is 3. The molecule has 0 amide bonds. The van der Waals surface area contributed by atoms with Crippen LogP contribution in [0.2, 0.25) is 0 Å². The Labute approximate surface area is 102 Å². The van der Waals surface area contributed by atoms with Crippen LogP contribution in [0.4, 0.5) is 18.9 Å². The predicted molar refractivity (Wildman–Crippen MR) is 54.6 cm³/mol. The van der Waals surface area contributed by atoms with Gasteiger partial charge in [-0.05, 0) is 6.07 Å². The first-order valence-electron chi connectivity index (χ1n) is 4.46. The van der Waals surface area contributed by atoms with Gasteiger partial charge in [0.25, 0.3) is 5.69 Å². The van der Waals surface area contributed by atoms with E-state index in [-0.39, 0.29) is 9.60 Å². The first kappa shape index (κ1) is 13.2. The Morgan fingerprint density at radius 3 is 2.47 bits per heavy atom. The zero-order valence-electron chi connectivity index (χ0n) is 8.70. The van der Waals surface area contributed by atoms with Crippen LogP contribution < -0.4 is 0 Å². The van der Waals surface area contributed by atoms with Gasteiger partial charge in [0.1, 0.15) is 11.0 Å². The van der Waals surface area contributed by atoms with Crippen molar-refractivity contribution in [2.75, 3.05) is 0 Å². The number of hydrogen-bond donors (Lipinski definition) is 0. The molecule has 1 heterocycles. The molecule has 2 aromatic rings. The molecule has 0 bridgehead atoms. The van der Waals surface area contributed by atoms with Crippen LogP contribution in [0.5, 0.6) is 0 Å². The van der Waals surface area contributed by atoms with E-state index in [1.54, 1.807) is 0 Å². The summed E-state index contributed by atoms with van der Waals surface area (Å²) in [6, 6.07) is 2.51. The summed E-state index contributed by atoms with van der Waals surface area (Å²) < 4.78 is 59.0. The van der Waals surface area contributed by atoms with Crippen LogP contribution in [0.1, 0.15) is 0 Å². The van der Waals surface area contributed by atoms with Gasteiger partial charge in [0.2, 0.25) is 0 Å². The number of hydrogen-bond acceptors (Lipinski definition) is 6. The normalized spacial score (nSPS) is 12.8. The maximum absolute atomic E-state index is 12.3. The number of alkyl halides is 3. The molecule has 0 aliphatic rings. The lowest BCUT2D eigenvalue weighted by atomic mass is 10.3. The summed E-state index contributed by atoms with van der Waals surface area (Å²) in [5.41, 5.74) is -6.82. The average molecular weight is 296 g/mol. The number of rotatable bonds is 2. The zero-order chi connectivity index (χ0) is 14.4. The lowest BCUT2D eigenvalue weighted by Crippen LogP contribution is -2.30.